The van der Waals surface area contributed by atoms with E-state index in [-0.39, 0.29) is 23.5 Å². The zero-order valence-corrected chi connectivity index (χ0v) is 18.7. The maximum absolute atomic E-state index is 12.4. The second-order valence-electron chi connectivity index (χ2n) is 7.99. The van der Waals surface area contributed by atoms with E-state index in [0.29, 0.717) is 18.7 Å². The molecule has 8 nitrogen and oxygen atoms in total. The Kier molecular flexibility index (Phi) is 11.8. The van der Waals surface area contributed by atoms with Crippen molar-refractivity contribution in [1.82, 2.24) is 10.6 Å². The fraction of sp³-hybridized carbons (Fsp3) is 0.789. The van der Waals surface area contributed by atoms with Gasteiger partial charge in [0, 0.05) is 25.8 Å². The van der Waals surface area contributed by atoms with Crippen molar-refractivity contribution in [1.29, 1.82) is 0 Å². The van der Waals surface area contributed by atoms with Crippen molar-refractivity contribution < 1.29 is 28.7 Å². The van der Waals surface area contributed by atoms with Gasteiger partial charge in [0.1, 0.15) is 5.60 Å². The van der Waals surface area contributed by atoms with Gasteiger partial charge in [-0.25, -0.2) is 4.79 Å². The van der Waals surface area contributed by atoms with Crippen molar-refractivity contribution in [2.24, 2.45) is 11.8 Å². The molecule has 0 radical (unpaired) electrons. The molecule has 9 heteroatoms. The van der Waals surface area contributed by atoms with E-state index in [9.17, 15) is 19.2 Å². The molecule has 0 saturated carbocycles. The molecule has 0 bridgehead atoms. The Hall–Kier alpha value is -1.77. The van der Waals surface area contributed by atoms with Crippen molar-refractivity contribution in [2.45, 2.75) is 66.6 Å². The zero-order chi connectivity index (χ0) is 21.9. The maximum atomic E-state index is 12.4. The van der Waals surface area contributed by atoms with E-state index in [1.54, 1.807) is 27.7 Å². The van der Waals surface area contributed by atoms with Gasteiger partial charge in [-0.3, -0.25) is 14.4 Å². The Morgan fingerprint density at radius 3 is 2.14 bits per heavy atom. The Labute approximate surface area is 171 Å². The molecule has 2 N–H and O–H groups in total. The summed E-state index contributed by atoms with van der Waals surface area (Å²) in [7, 11) is 0. The lowest BCUT2D eigenvalue weighted by Gasteiger charge is -2.22. The van der Waals surface area contributed by atoms with Gasteiger partial charge >= 0.3 is 12.1 Å². The summed E-state index contributed by atoms with van der Waals surface area (Å²) >= 11 is 1.03. The molecule has 0 aromatic carbocycles. The predicted octanol–water partition coefficient (Wildman–Crippen LogP) is 2.50. The van der Waals surface area contributed by atoms with Gasteiger partial charge < -0.3 is 20.1 Å². The number of amides is 2. The van der Waals surface area contributed by atoms with Crippen molar-refractivity contribution in [3.8, 4) is 0 Å². The Morgan fingerprint density at radius 2 is 1.64 bits per heavy atom. The summed E-state index contributed by atoms with van der Waals surface area (Å²) in [5, 5.41) is 4.88. The maximum Gasteiger partial charge on any atom is 0.407 e. The number of rotatable bonds is 10. The van der Waals surface area contributed by atoms with Crippen LogP contribution in [0.25, 0.3) is 0 Å². The SMILES string of the molecule is CC(=O)NCCSC(=O)[C@H](CC(C)C)OC(=O)[C@H](C)CNC(=O)OC(C)(C)C. The van der Waals surface area contributed by atoms with Crippen LogP contribution in [0, 0.1) is 11.8 Å². The highest BCUT2D eigenvalue weighted by atomic mass is 32.2. The largest absolute Gasteiger partial charge is 0.453 e. The van der Waals surface area contributed by atoms with E-state index in [1.165, 1.54) is 6.92 Å². The highest BCUT2D eigenvalue weighted by Gasteiger charge is 2.27. The van der Waals surface area contributed by atoms with Crippen LogP contribution in [0.15, 0.2) is 0 Å². The van der Waals surface area contributed by atoms with Gasteiger partial charge in [-0.2, -0.15) is 0 Å². The third kappa shape index (κ3) is 13.4. The van der Waals surface area contributed by atoms with Crippen molar-refractivity contribution >= 4 is 34.8 Å². The molecule has 0 spiro atoms. The van der Waals surface area contributed by atoms with E-state index < -0.39 is 29.7 Å². The molecule has 0 fully saturated rings. The number of hydrogen-bond acceptors (Lipinski definition) is 7. The summed E-state index contributed by atoms with van der Waals surface area (Å²) in [5.74, 6) is -0.783. The van der Waals surface area contributed by atoms with Gasteiger partial charge in [-0.1, -0.05) is 32.5 Å². The number of esters is 1. The quantitative estimate of drug-likeness (QED) is 0.414. The molecule has 0 aliphatic carbocycles. The standard InChI is InChI=1S/C19H34N2O6S/c1-12(2)10-15(17(24)28-9-8-20-14(4)22)26-16(23)13(3)11-21-18(25)27-19(5,6)7/h12-13,15H,8-11H2,1-7H3,(H,20,22)(H,21,25)/t13-,15+/m1/s1. The molecule has 0 unspecified atom stereocenters. The van der Waals surface area contributed by atoms with E-state index >= 15 is 0 Å². The molecule has 0 aromatic heterocycles. The molecule has 2 amide bonds. The fourth-order valence-electron chi connectivity index (χ4n) is 1.98. The summed E-state index contributed by atoms with van der Waals surface area (Å²) in [5.41, 5.74) is -0.628. The minimum absolute atomic E-state index is 0.0476. The molecule has 0 saturated heterocycles. The highest BCUT2D eigenvalue weighted by Crippen LogP contribution is 2.17. The molecular formula is C19H34N2O6S. The van der Waals surface area contributed by atoms with Gasteiger partial charge in [-0.15, -0.1) is 0 Å². The van der Waals surface area contributed by atoms with Gasteiger partial charge in [0.05, 0.1) is 5.92 Å². The van der Waals surface area contributed by atoms with Crippen molar-refractivity contribution in [2.75, 3.05) is 18.8 Å². The van der Waals surface area contributed by atoms with Crippen LogP contribution < -0.4 is 10.6 Å². The van der Waals surface area contributed by atoms with Crippen molar-refractivity contribution in [3.63, 3.8) is 0 Å². The van der Waals surface area contributed by atoms with Crippen LogP contribution in [0.4, 0.5) is 4.79 Å². The van der Waals surface area contributed by atoms with Crippen LogP contribution in [-0.4, -0.2) is 53.6 Å². The first-order valence-corrected chi connectivity index (χ1v) is 10.4. The molecule has 0 aliphatic heterocycles. The number of thioether (sulfide) groups is 1. The lowest BCUT2D eigenvalue weighted by atomic mass is 10.1. The molecule has 2 atom stereocenters. The molecule has 28 heavy (non-hydrogen) atoms. The minimum Gasteiger partial charge on any atom is -0.453 e. The number of alkyl carbamates (subject to hydrolysis) is 1. The average molecular weight is 419 g/mol. The van der Waals surface area contributed by atoms with Gasteiger partial charge in [-0.05, 0) is 33.1 Å². The molecule has 0 heterocycles. The molecular weight excluding hydrogens is 384 g/mol. The first-order valence-electron chi connectivity index (χ1n) is 9.40. The minimum atomic E-state index is -0.862. The van der Waals surface area contributed by atoms with Gasteiger partial charge in [0.2, 0.25) is 11.0 Å². The van der Waals surface area contributed by atoms with Crippen LogP contribution in [-0.2, 0) is 23.9 Å². The number of hydrogen-bond donors (Lipinski definition) is 2. The third-order valence-electron chi connectivity index (χ3n) is 3.28. The Balaban J connectivity index is 4.59. The normalized spacial score (nSPS) is 13.4. The molecule has 0 rings (SSSR count). The lowest BCUT2D eigenvalue weighted by molar-refractivity contribution is -0.157. The summed E-state index contributed by atoms with van der Waals surface area (Å²) < 4.78 is 10.5. The summed E-state index contributed by atoms with van der Waals surface area (Å²) in [4.78, 5) is 47.3. The van der Waals surface area contributed by atoms with Crippen LogP contribution >= 0.6 is 11.8 Å². The second-order valence-corrected chi connectivity index (χ2v) is 9.09. The van der Waals surface area contributed by atoms with Gasteiger partial charge in [0.25, 0.3) is 0 Å². The molecule has 0 aromatic rings. The topological polar surface area (TPSA) is 111 Å². The van der Waals surface area contributed by atoms with Gasteiger partial charge in [0.15, 0.2) is 6.10 Å². The summed E-state index contributed by atoms with van der Waals surface area (Å²) in [6, 6.07) is 0. The number of carbonyl (C=O) groups excluding carboxylic acids is 4. The van der Waals surface area contributed by atoms with E-state index in [4.69, 9.17) is 9.47 Å². The van der Waals surface area contributed by atoms with E-state index in [1.807, 2.05) is 13.8 Å². The van der Waals surface area contributed by atoms with E-state index in [0.717, 1.165) is 11.8 Å². The summed E-state index contributed by atoms with van der Waals surface area (Å²) in [6.07, 6.45) is -1.07. The van der Waals surface area contributed by atoms with Crippen LogP contribution in [0.1, 0.15) is 54.9 Å². The zero-order valence-electron chi connectivity index (χ0n) is 17.9. The number of carbonyl (C=O) groups is 4. The monoisotopic (exact) mass is 418 g/mol. The number of ether oxygens (including phenoxy) is 2. The Morgan fingerprint density at radius 1 is 1.04 bits per heavy atom. The van der Waals surface area contributed by atoms with Crippen LogP contribution in [0.5, 0.6) is 0 Å². The van der Waals surface area contributed by atoms with E-state index in [2.05, 4.69) is 10.6 Å². The smallest absolute Gasteiger partial charge is 0.407 e. The highest BCUT2D eigenvalue weighted by molar-refractivity contribution is 8.13. The Bertz CT molecular complexity index is 545. The molecule has 162 valence electrons. The average Bonchev–Trinajstić information content (AvgIpc) is 2.53. The fourth-order valence-corrected chi connectivity index (χ4v) is 2.72. The number of nitrogens with one attached hydrogen (secondary N) is 2. The lowest BCUT2D eigenvalue weighted by Crippen LogP contribution is -2.38. The van der Waals surface area contributed by atoms with Crippen molar-refractivity contribution in [3.05, 3.63) is 0 Å². The van der Waals surface area contributed by atoms with Crippen LogP contribution in [0.2, 0.25) is 0 Å². The van der Waals surface area contributed by atoms with Crippen LogP contribution in [0.3, 0.4) is 0 Å². The molecule has 0 aliphatic rings. The third-order valence-corrected chi connectivity index (χ3v) is 4.24. The first-order chi connectivity index (χ1) is 12.8. The second kappa shape index (κ2) is 12.6. The summed E-state index contributed by atoms with van der Waals surface area (Å²) in [6.45, 7) is 12.5. The first kappa shape index (κ1) is 26.2. The predicted molar refractivity (Wildman–Crippen MR) is 109 cm³/mol.